The lowest BCUT2D eigenvalue weighted by Gasteiger charge is -2.18. The maximum Gasteiger partial charge on any atom is 0.259 e. The average molecular weight is 302 g/mol. The van der Waals surface area contributed by atoms with Crippen LogP contribution in [0.4, 0.5) is 14.5 Å². The molecule has 114 valence electrons. The van der Waals surface area contributed by atoms with Crippen LogP contribution in [0.1, 0.15) is 16.8 Å². The van der Waals surface area contributed by atoms with Crippen LogP contribution in [-0.4, -0.2) is 29.9 Å². The predicted octanol–water partition coefficient (Wildman–Crippen LogP) is 3.29. The largest absolute Gasteiger partial charge is 0.380 e. The van der Waals surface area contributed by atoms with E-state index < -0.39 is 23.1 Å². The fourth-order valence-electron chi connectivity index (χ4n) is 2.69. The molecule has 1 aliphatic rings. The van der Waals surface area contributed by atoms with Gasteiger partial charge in [0.25, 0.3) is 5.91 Å². The number of likely N-dealkylation sites (tertiary alicyclic amines) is 1. The molecule has 1 unspecified atom stereocenters. The van der Waals surface area contributed by atoms with E-state index in [9.17, 15) is 13.6 Å². The van der Waals surface area contributed by atoms with Crippen molar-refractivity contribution in [1.82, 2.24) is 4.90 Å². The van der Waals surface area contributed by atoms with Crippen molar-refractivity contribution < 1.29 is 13.6 Å². The molecule has 1 atom stereocenters. The van der Waals surface area contributed by atoms with E-state index in [0.29, 0.717) is 13.1 Å². The highest BCUT2D eigenvalue weighted by molar-refractivity contribution is 5.95. The van der Waals surface area contributed by atoms with E-state index in [1.54, 1.807) is 0 Å². The van der Waals surface area contributed by atoms with Crippen LogP contribution in [0.2, 0.25) is 0 Å². The van der Waals surface area contributed by atoms with Gasteiger partial charge in [-0.05, 0) is 30.7 Å². The lowest BCUT2D eigenvalue weighted by molar-refractivity contribution is 0.0782. The molecule has 3 nitrogen and oxygen atoms in total. The van der Waals surface area contributed by atoms with Gasteiger partial charge in [-0.15, -0.1) is 0 Å². The first-order chi connectivity index (χ1) is 10.6. The van der Waals surface area contributed by atoms with Crippen LogP contribution in [0.5, 0.6) is 0 Å². The molecule has 1 fully saturated rings. The molecule has 1 amide bonds. The summed E-state index contributed by atoms with van der Waals surface area (Å²) < 4.78 is 27.4. The zero-order chi connectivity index (χ0) is 15.5. The summed E-state index contributed by atoms with van der Waals surface area (Å²) in [5.41, 5.74) is 0.502. The van der Waals surface area contributed by atoms with E-state index in [1.165, 1.54) is 11.0 Å². The maximum atomic E-state index is 13.7. The van der Waals surface area contributed by atoms with Gasteiger partial charge in [0.2, 0.25) is 0 Å². The van der Waals surface area contributed by atoms with Gasteiger partial charge in [-0.3, -0.25) is 4.79 Å². The molecule has 22 heavy (non-hydrogen) atoms. The van der Waals surface area contributed by atoms with Crippen molar-refractivity contribution in [1.29, 1.82) is 0 Å². The first kappa shape index (κ1) is 14.5. The molecule has 3 rings (SSSR count). The third-order valence-corrected chi connectivity index (χ3v) is 3.80. The van der Waals surface area contributed by atoms with Crippen molar-refractivity contribution in [3.05, 3.63) is 65.7 Å². The van der Waals surface area contributed by atoms with Crippen LogP contribution < -0.4 is 5.32 Å². The molecule has 5 heteroatoms. The number of amides is 1. The number of carbonyl (C=O) groups is 1. The van der Waals surface area contributed by atoms with E-state index in [2.05, 4.69) is 5.32 Å². The second-order valence-electron chi connectivity index (χ2n) is 5.34. The second kappa shape index (κ2) is 6.13. The van der Waals surface area contributed by atoms with Crippen LogP contribution >= 0.6 is 0 Å². The topological polar surface area (TPSA) is 32.3 Å². The molecule has 1 heterocycles. The summed E-state index contributed by atoms with van der Waals surface area (Å²) in [5, 5.41) is 3.33. The third-order valence-electron chi connectivity index (χ3n) is 3.80. The van der Waals surface area contributed by atoms with Crippen molar-refractivity contribution in [3.63, 3.8) is 0 Å². The minimum absolute atomic E-state index is 0.0844. The summed E-state index contributed by atoms with van der Waals surface area (Å²) in [7, 11) is 0. The Hall–Kier alpha value is -2.43. The quantitative estimate of drug-likeness (QED) is 0.943. The molecule has 1 N–H and O–H groups in total. The molecule has 0 spiro atoms. The standard InChI is InChI=1S/C17H16F2N2O/c18-14-7-4-8-15(19)16(14)17(22)21-10-9-13(11-21)20-12-5-2-1-3-6-12/h1-8,13,20H,9-11H2. The Balaban J connectivity index is 1.69. The van der Waals surface area contributed by atoms with Gasteiger partial charge in [0.15, 0.2) is 0 Å². The fourth-order valence-corrected chi connectivity index (χ4v) is 2.69. The zero-order valence-corrected chi connectivity index (χ0v) is 11.9. The highest BCUT2D eigenvalue weighted by atomic mass is 19.1. The number of hydrogen-bond acceptors (Lipinski definition) is 2. The highest BCUT2D eigenvalue weighted by Crippen LogP contribution is 2.20. The molecule has 0 bridgehead atoms. The summed E-state index contributed by atoms with van der Waals surface area (Å²) >= 11 is 0. The van der Waals surface area contributed by atoms with Crippen LogP contribution in [0.15, 0.2) is 48.5 Å². The summed E-state index contributed by atoms with van der Waals surface area (Å²) in [6.45, 7) is 0.915. The second-order valence-corrected chi connectivity index (χ2v) is 5.34. The Labute approximate surface area is 127 Å². The van der Waals surface area contributed by atoms with Gasteiger partial charge >= 0.3 is 0 Å². The van der Waals surface area contributed by atoms with Crippen molar-refractivity contribution in [2.24, 2.45) is 0 Å². The number of nitrogens with one attached hydrogen (secondary N) is 1. The number of hydrogen-bond donors (Lipinski definition) is 1. The van der Waals surface area contributed by atoms with E-state index in [1.807, 2.05) is 30.3 Å². The summed E-state index contributed by atoms with van der Waals surface area (Å²) in [5.74, 6) is -2.22. The van der Waals surface area contributed by atoms with Gasteiger partial charge in [0.05, 0.1) is 0 Å². The molecule has 1 saturated heterocycles. The van der Waals surface area contributed by atoms with E-state index in [4.69, 9.17) is 0 Å². The number of halogens is 2. The predicted molar refractivity (Wildman–Crippen MR) is 80.7 cm³/mol. The average Bonchev–Trinajstić information content (AvgIpc) is 2.96. The van der Waals surface area contributed by atoms with Gasteiger partial charge in [-0.2, -0.15) is 0 Å². The molecule has 2 aromatic carbocycles. The monoisotopic (exact) mass is 302 g/mol. The first-order valence-corrected chi connectivity index (χ1v) is 7.20. The first-order valence-electron chi connectivity index (χ1n) is 7.20. The molecular weight excluding hydrogens is 286 g/mol. The smallest absolute Gasteiger partial charge is 0.259 e. The van der Waals surface area contributed by atoms with E-state index in [0.717, 1.165) is 24.2 Å². The molecule has 2 aromatic rings. The molecule has 0 aliphatic carbocycles. The maximum absolute atomic E-state index is 13.7. The van der Waals surface area contributed by atoms with Gasteiger partial charge in [0.1, 0.15) is 17.2 Å². The van der Waals surface area contributed by atoms with Gasteiger partial charge in [-0.25, -0.2) is 8.78 Å². The van der Waals surface area contributed by atoms with Crippen molar-refractivity contribution >= 4 is 11.6 Å². The Morgan fingerprint density at radius 2 is 1.73 bits per heavy atom. The molecule has 0 saturated carbocycles. The normalized spacial score (nSPS) is 17.5. The number of rotatable bonds is 3. The third kappa shape index (κ3) is 2.93. The summed E-state index contributed by atoms with van der Waals surface area (Å²) in [6.07, 6.45) is 0.747. The van der Waals surface area contributed by atoms with Gasteiger partial charge in [-0.1, -0.05) is 24.3 Å². The van der Waals surface area contributed by atoms with Crippen LogP contribution in [-0.2, 0) is 0 Å². The van der Waals surface area contributed by atoms with Gasteiger partial charge in [0, 0.05) is 24.8 Å². The van der Waals surface area contributed by atoms with E-state index in [-0.39, 0.29) is 6.04 Å². The summed E-state index contributed by atoms with van der Waals surface area (Å²) in [6, 6.07) is 13.2. The number of benzene rings is 2. The number of nitrogens with zero attached hydrogens (tertiary/aromatic N) is 1. The molecular formula is C17H16F2N2O. The Bertz CT molecular complexity index is 655. The van der Waals surface area contributed by atoms with Gasteiger partial charge < -0.3 is 10.2 Å². The molecule has 0 radical (unpaired) electrons. The molecule has 0 aromatic heterocycles. The van der Waals surface area contributed by atoms with Crippen molar-refractivity contribution in [2.75, 3.05) is 18.4 Å². The zero-order valence-electron chi connectivity index (χ0n) is 11.9. The lowest BCUT2D eigenvalue weighted by atomic mass is 10.1. The molecule has 1 aliphatic heterocycles. The Kier molecular flexibility index (Phi) is 4.04. The van der Waals surface area contributed by atoms with Crippen LogP contribution in [0, 0.1) is 11.6 Å². The Morgan fingerprint density at radius 1 is 1.05 bits per heavy atom. The van der Waals surface area contributed by atoms with Crippen LogP contribution in [0.3, 0.4) is 0 Å². The number of para-hydroxylation sites is 1. The van der Waals surface area contributed by atoms with Crippen LogP contribution in [0.25, 0.3) is 0 Å². The minimum atomic E-state index is -0.815. The fraction of sp³-hybridized carbons (Fsp3) is 0.235. The number of carbonyl (C=O) groups excluding carboxylic acids is 1. The van der Waals surface area contributed by atoms with Crippen molar-refractivity contribution in [3.8, 4) is 0 Å². The highest BCUT2D eigenvalue weighted by Gasteiger charge is 2.29. The minimum Gasteiger partial charge on any atom is -0.380 e. The number of anilines is 1. The Morgan fingerprint density at radius 3 is 2.41 bits per heavy atom. The van der Waals surface area contributed by atoms with Crippen molar-refractivity contribution in [2.45, 2.75) is 12.5 Å². The lowest BCUT2D eigenvalue weighted by Crippen LogP contribution is -2.32. The summed E-state index contributed by atoms with van der Waals surface area (Å²) in [4.78, 5) is 13.8. The SMILES string of the molecule is O=C(c1c(F)cccc1F)N1CCC(Nc2ccccc2)C1. The van der Waals surface area contributed by atoms with E-state index >= 15 is 0 Å².